The van der Waals surface area contributed by atoms with E-state index >= 15 is 0 Å². The minimum Gasteiger partial charge on any atom is -0.349 e. The molecule has 1 aliphatic heterocycles. The van der Waals surface area contributed by atoms with Gasteiger partial charge in [0.05, 0.1) is 6.20 Å². The molecule has 0 saturated carbocycles. The number of nitrogens with one attached hydrogen (secondary N) is 1. The van der Waals surface area contributed by atoms with Gasteiger partial charge >= 0.3 is 0 Å². The van der Waals surface area contributed by atoms with Crippen molar-refractivity contribution in [2.75, 3.05) is 13.1 Å². The van der Waals surface area contributed by atoms with E-state index in [1.54, 1.807) is 13.1 Å². The Balaban J connectivity index is 1.62. The number of aromatic nitrogens is 3. The summed E-state index contributed by atoms with van der Waals surface area (Å²) < 4.78 is 27.9. The first-order valence-electron chi connectivity index (χ1n) is 8.11. The molecule has 0 atom stereocenters. The van der Waals surface area contributed by atoms with E-state index in [0.29, 0.717) is 31.5 Å². The second-order valence-electron chi connectivity index (χ2n) is 6.16. The molecular weight excluding hydrogens is 342 g/mol. The lowest BCUT2D eigenvalue weighted by molar-refractivity contribution is 0.0923. The normalized spacial score (nSPS) is 16.7. The van der Waals surface area contributed by atoms with Gasteiger partial charge in [-0.05, 0) is 31.4 Å². The number of nitrogens with zero attached hydrogens (tertiary/aromatic N) is 4. The number of hydrogen-bond donors (Lipinski definition) is 1. The first-order chi connectivity index (χ1) is 11.9. The van der Waals surface area contributed by atoms with Crippen molar-refractivity contribution < 1.29 is 13.2 Å². The third-order valence-corrected chi connectivity index (χ3v) is 6.40. The molecule has 0 bridgehead atoms. The highest BCUT2D eigenvalue weighted by atomic mass is 32.2. The minimum absolute atomic E-state index is 0.0387. The van der Waals surface area contributed by atoms with Crippen LogP contribution in [-0.4, -0.2) is 52.8 Å². The molecule has 0 aliphatic carbocycles. The molecule has 1 aromatic heterocycles. The summed E-state index contributed by atoms with van der Waals surface area (Å²) in [7, 11) is -2.05. The van der Waals surface area contributed by atoms with Crippen LogP contribution in [0.5, 0.6) is 0 Å². The maximum atomic E-state index is 12.6. The number of benzene rings is 1. The molecular formula is C16H21N5O3S. The van der Waals surface area contributed by atoms with E-state index in [9.17, 15) is 13.2 Å². The van der Waals surface area contributed by atoms with Gasteiger partial charge < -0.3 is 5.32 Å². The Kier molecular flexibility index (Phi) is 4.87. The van der Waals surface area contributed by atoms with Crippen LogP contribution in [0.4, 0.5) is 0 Å². The molecule has 1 aromatic carbocycles. The zero-order chi connectivity index (χ0) is 18.0. The van der Waals surface area contributed by atoms with Crippen LogP contribution in [0.25, 0.3) is 0 Å². The number of hydrogen-bond acceptors (Lipinski definition) is 5. The van der Waals surface area contributed by atoms with Crippen molar-refractivity contribution in [2.45, 2.75) is 30.8 Å². The van der Waals surface area contributed by atoms with E-state index in [2.05, 4.69) is 15.6 Å². The summed E-state index contributed by atoms with van der Waals surface area (Å²) in [5.41, 5.74) is 1.57. The van der Waals surface area contributed by atoms with E-state index in [0.717, 1.165) is 5.56 Å². The fourth-order valence-electron chi connectivity index (χ4n) is 2.98. The molecule has 1 fully saturated rings. The molecule has 0 spiro atoms. The molecule has 9 heteroatoms. The van der Waals surface area contributed by atoms with E-state index < -0.39 is 10.0 Å². The fourth-order valence-corrected chi connectivity index (χ4v) is 4.48. The Morgan fingerprint density at radius 3 is 2.52 bits per heavy atom. The zero-order valence-electron chi connectivity index (χ0n) is 14.2. The van der Waals surface area contributed by atoms with Gasteiger partial charge in [0.1, 0.15) is 0 Å². The van der Waals surface area contributed by atoms with Gasteiger partial charge in [-0.2, -0.15) is 4.31 Å². The number of carbonyl (C=O) groups excluding carboxylic acids is 1. The van der Waals surface area contributed by atoms with Crippen molar-refractivity contribution in [3.63, 3.8) is 0 Å². The predicted octanol–water partition coefficient (Wildman–Crippen LogP) is 0.707. The third-order valence-electron chi connectivity index (χ3n) is 4.46. The van der Waals surface area contributed by atoms with Gasteiger partial charge in [0.15, 0.2) is 5.03 Å². The van der Waals surface area contributed by atoms with Crippen LogP contribution in [0, 0.1) is 6.92 Å². The number of piperidine rings is 1. The number of sulfonamides is 1. The van der Waals surface area contributed by atoms with E-state index in [1.165, 1.54) is 15.2 Å². The zero-order valence-corrected chi connectivity index (χ0v) is 15.0. The average Bonchev–Trinajstić information content (AvgIpc) is 3.02. The number of amides is 1. The Bertz CT molecular complexity index is 869. The summed E-state index contributed by atoms with van der Waals surface area (Å²) in [5, 5.41) is 10.4. The van der Waals surface area contributed by atoms with Gasteiger partial charge in [0.2, 0.25) is 0 Å². The van der Waals surface area contributed by atoms with Crippen molar-refractivity contribution >= 4 is 15.9 Å². The largest absolute Gasteiger partial charge is 0.349 e. The molecule has 1 aliphatic rings. The summed E-state index contributed by atoms with van der Waals surface area (Å²) in [6, 6.07) is 7.37. The SMILES string of the molecule is Cc1ccccc1C(=O)NC1CCN(S(=O)(=O)c2cnnn2C)CC1. The molecule has 25 heavy (non-hydrogen) atoms. The maximum Gasteiger partial charge on any atom is 0.261 e. The van der Waals surface area contributed by atoms with Gasteiger partial charge in [0.25, 0.3) is 15.9 Å². The molecule has 0 unspecified atom stereocenters. The second kappa shape index (κ2) is 6.93. The molecule has 134 valence electrons. The van der Waals surface area contributed by atoms with Crippen LogP contribution in [0.3, 0.4) is 0 Å². The predicted molar refractivity (Wildman–Crippen MR) is 91.4 cm³/mol. The minimum atomic E-state index is -3.60. The van der Waals surface area contributed by atoms with Crippen LogP contribution in [0.2, 0.25) is 0 Å². The Morgan fingerprint density at radius 2 is 1.92 bits per heavy atom. The summed E-state index contributed by atoms with van der Waals surface area (Å²) >= 11 is 0. The summed E-state index contributed by atoms with van der Waals surface area (Å²) in [4.78, 5) is 12.4. The van der Waals surface area contributed by atoms with Crippen molar-refractivity contribution in [1.82, 2.24) is 24.6 Å². The summed E-state index contributed by atoms with van der Waals surface area (Å²) in [6.45, 7) is 2.60. The number of aryl methyl sites for hydroxylation is 2. The Hall–Kier alpha value is -2.26. The van der Waals surface area contributed by atoms with Crippen molar-refractivity contribution in [3.05, 3.63) is 41.6 Å². The number of rotatable bonds is 4. The van der Waals surface area contributed by atoms with Gasteiger partial charge in [-0.1, -0.05) is 23.4 Å². The number of carbonyl (C=O) groups is 1. The van der Waals surface area contributed by atoms with Gasteiger partial charge in [-0.25, -0.2) is 13.1 Å². The van der Waals surface area contributed by atoms with Gasteiger partial charge in [0, 0.05) is 31.7 Å². The fraction of sp³-hybridized carbons (Fsp3) is 0.438. The third kappa shape index (κ3) is 3.57. The molecule has 1 amide bonds. The van der Waals surface area contributed by atoms with Gasteiger partial charge in [-0.15, -0.1) is 5.10 Å². The topological polar surface area (TPSA) is 97.2 Å². The van der Waals surface area contributed by atoms with Crippen LogP contribution in [0.15, 0.2) is 35.5 Å². The molecule has 1 saturated heterocycles. The van der Waals surface area contributed by atoms with Crippen LogP contribution >= 0.6 is 0 Å². The van der Waals surface area contributed by atoms with Crippen molar-refractivity contribution in [2.24, 2.45) is 7.05 Å². The first-order valence-corrected chi connectivity index (χ1v) is 9.55. The lowest BCUT2D eigenvalue weighted by atomic mass is 10.0. The smallest absolute Gasteiger partial charge is 0.261 e. The van der Waals surface area contributed by atoms with Gasteiger partial charge in [-0.3, -0.25) is 4.79 Å². The van der Waals surface area contributed by atoms with E-state index in [1.807, 2.05) is 25.1 Å². The second-order valence-corrected chi connectivity index (χ2v) is 8.05. The lowest BCUT2D eigenvalue weighted by Crippen LogP contribution is -2.46. The highest BCUT2D eigenvalue weighted by molar-refractivity contribution is 7.89. The highest BCUT2D eigenvalue weighted by Gasteiger charge is 2.32. The molecule has 2 heterocycles. The van der Waals surface area contributed by atoms with E-state index in [-0.39, 0.29) is 17.0 Å². The van der Waals surface area contributed by atoms with E-state index in [4.69, 9.17) is 0 Å². The summed E-state index contributed by atoms with van der Waals surface area (Å²) in [5.74, 6) is -0.116. The maximum absolute atomic E-state index is 12.6. The molecule has 1 N–H and O–H groups in total. The van der Waals surface area contributed by atoms with Crippen molar-refractivity contribution in [3.8, 4) is 0 Å². The highest BCUT2D eigenvalue weighted by Crippen LogP contribution is 2.20. The Labute approximate surface area is 146 Å². The molecule has 8 nitrogen and oxygen atoms in total. The Morgan fingerprint density at radius 1 is 1.24 bits per heavy atom. The molecule has 3 rings (SSSR count). The van der Waals surface area contributed by atoms with Crippen LogP contribution < -0.4 is 5.32 Å². The van der Waals surface area contributed by atoms with Crippen LogP contribution in [0.1, 0.15) is 28.8 Å². The monoisotopic (exact) mass is 363 g/mol. The molecule has 0 radical (unpaired) electrons. The lowest BCUT2D eigenvalue weighted by Gasteiger charge is -2.31. The van der Waals surface area contributed by atoms with Crippen LogP contribution in [-0.2, 0) is 17.1 Å². The average molecular weight is 363 g/mol. The standard InChI is InChI=1S/C16H21N5O3S/c1-12-5-3-4-6-14(12)16(22)18-13-7-9-21(10-8-13)25(23,24)15-11-17-19-20(15)2/h3-6,11,13H,7-10H2,1-2H3,(H,18,22). The quantitative estimate of drug-likeness (QED) is 0.863. The molecule has 2 aromatic rings. The first kappa shape index (κ1) is 17.6. The summed E-state index contributed by atoms with van der Waals surface area (Å²) in [6.07, 6.45) is 2.39. The van der Waals surface area contributed by atoms with Crippen molar-refractivity contribution in [1.29, 1.82) is 0 Å².